The number of ether oxygens (including phenoxy) is 2. The molecule has 3 aromatic rings. The maximum Gasteiger partial charge on any atom is 0.257 e. The third-order valence-electron chi connectivity index (χ3n) is 4.34. The summed E-state index contributed by atoms with van der Waals surface area (Å²) in [5.41, 5.74) is 2.48. The minimum Gasteiger partial charge on any atom is -0.495 e. The summed E-state index contributed by atoms with van der Waals surface area (Å²) in [6.07, 6.45) is -0.533. The van der Waals surface area contributed by atoms with E-state index in [0.717, 1.165) is 23.3 Å². The summed E-state index contributed by atoms with van der Waals surface area (Å²) in [5.74, 6) is 0.917. The van der Waals surface area contributed by atoms with Crippen LogP contribution in [0.15, 0.2) is 48.5 Å². The molecule has 7 nitrogen and oxygen atoms in total. The molecule has 2 N–H and O–H groups in total. The van der Waals surface area contributed by atoms with Gasteiger partial charge in [-0.3, -0.25) is 14.7 Å². The van der Waals surface area contributed by atoms with Gasteiger partial charge in [0.05, 0.1) is 30.4 Å². The Kier molecular flexibility index (Phi) is 4.55. The minimum absolute atomic E-state index is 0.219. The number of anilines is 1. The van der Waals surface area contributed by atoms with Crippen molar-refractivity contribution in [2.75, 3.05) is 32.1 Å². The number of aromatic nitrogens is 2. The summed E-state index contributed by atoms with van der Waals surface area (Å²) >= 11 is 0. The number of carbonyl (C=O) groups is 1. The maximum atomic E-state index is 12.6. The van der Waals surface area contributed by atoms with Crippen LogP contribution in [0, 0.1) is 0 Å². The van der Waals surface area contributed by atoms with Gasteiger partial charge < -0.3 is 14.8 Å². The lowest BCUT2D eigenvalue weighted by atomic mass is 10.2. The van der Waals surface area contributed by atoms with Crippen LogP contribution >= 0.6 is 0 Å². The van der Waals surface area contributed by atoms with Crippen LogP contribution in [0.4, 0.5) is 5.95 Å². The first-order valence-electron chi connectivity index (χ1n) is 8.52. The fraction of sp³-hybridized carbons (Fsp3) is 0.263. The first-order chi connectivity index (χ1) is 12.8. The first-order valence-corrected chi connectivity index (χ1v) is 8.52. The number of morpholine rings is 1. The Bertz CT molecular complexity index is 931. The largest absolute Gasteiger partial charge is 0.495 e. The molecule has 1 saturated heterocycles. The summed E-state index contributed by atoms with van der Waals surface area (Å²) in [6, 6.07) is 15.4. The fourth-order valence-electron chi connectivity index (χ4n) is 3.09. The Morgan fingerprint density at radius 3 is 2.88 bits per heavy atom. The van der Waals surface area contributed by atoms with E-state index in [4.69, 9.17) is 9.47 Å². The third kappa shape index (κ3) is 3.02. The summed E-state index contributed by atoms with van der Waals surface area (Å²) < 4.78 is 12.9. The zero-order valence-electron chi connectivity index (χ0n) is 14.4. The van der Waals surface area contributed by atoms with Crippen molar-refractivity contribution in [3.05, 3.63) is 48.5 Å². The number of rotatable bonds is 4. The maximum absolute atomic E-state index is 12.6. The lowest BCUT2D eigenvalue weighted by Gasteiger charge is -2.22. The number of carbonyl (C=O) groups excluding carboxylic acids is 1. The van der Waals surface area contributed by atoms with Crippen LogP contribution < -0.4 is 15.4 Å². The summed E-state index contributed by atoms with van der Waals surface area (Å²) in [4.78, 5) is 17.2. The van der Waals surface area contributed by atoms with Gasteiger partial charge in [-0.2, -0.15) is 0 Å². The van der Waals surface area contributed by atoms with E-state index in [1.807, 2.05) is 53.1 Å². The van der Waals surface area contributed by atoms with E-state index in [1.165, 1.54) is 0 Å². The molecule has 1 aliphatic rings. The highest BCUT2D eigenvalue weighted by molar-refractivity contribution is 5.95. The van der Waals surface area contributed by atoms with Gasteiger partial charge in [-0.25, -0.2) is 4.98 Å². The summed E-state index contributed by atoms with van der Waals surface area (Å²) in [6.45, 7) is 1.76. The van der Waals surface area contributed by atoms with E-state index in [-0.39, 0.29) is 5.91 Å². The molecule has 0 saturated carbocycles. The molecule has 2 aromatic carbocycles. The average molecular weight is 352 g/mol. The predicted molar refractivity (Wildman–Crippen MR) is 98.9 cm³/mol. The number of methoxy groups -OCH3 is 1. The fourth-order valence-corrected chi connectivity index (χ4v) is 3.09. The number of fused-ring (bicyclic) bond motifs is 1. The number of hydrogen-bond donors (Lipinski definition) is 2. The monoisotopic (exact) mass is 352 g/mol. The number of para-hydroxylation sites is 4. The molecule has 0 bridgehead atoms. The van der Waals surface area contributed by atoms with E-state index in [2.05, 4.69) is 15.6 Å². The zero-order chi connectivity index (χ0) is 17.9. The Balaban J connectivity index is 1.78. The molecule has 1 unspecified atom stereocenters. The van der Waals surface area contributed by atoms with Gasteiger partial charge in [-0.05, 0) is 24.3 Å². The van der Waals surface area contributed by atoms with Crippen LogP contribution in [0.5, 0.6) is 5.75 Å². The van der Waals surface area contributed by atoms with Crippen molar-refractivity contribution >= 4 is 22.9 Å². The molecule has 0 aliphatic carbocycles. The molecule has 1 fully saturated rings. The van der Waals surface area contributed by atoms with Crippen molar-refractivity contribution < 1.29 is 14.3 Å². The second kappa shape index (κ2) is 7.15. The summed E-state index contributed by atoms with van der Waals surface area (Å²) in [5, 5.41) is 6.07. The lowest BCUT2D eigenvalue weighted by Crippen LogP contribution is -2.45. The van der Waals surface area contributed by atoms with Crippen LogP contribution in [0.2, 0.25) is 0 Å². The van der Waals surface area contributed by atoms with Crippen LogP contribution in [0.25, 0.3) is 16.7 Å². The van der Waals surface area contributed by atoms with Crippen molar-refractivity contribution in [2.24, 2.45) is 0 Å². The molecule has 4 rings (SSSR count). The van der Waals surface area contributed by atoms with Gasteiger partial charge in [-0.1, -0.05) is 24.3 Å². The molecule has 1 aromatic heterocycles. The molecular formula is C19H20N4O3. The minimum atomic E-state index is -0.533. The van der Waals surface area contributed by atoms with Crippen LogP contribution in [-0.4, -0.2) is 48.4 Å². The second-order valence-electron chi connectivity index (χ2n) is 5.98. The molecule has 0 spiro atoms. The van der Waals surface area contributed by atoms with Crippen molar-refractivity contribution in [3.8, 4) is 11.4 Å². The second-order valence-corrected chi connectivity index (χ2v) is 5.98. The third-order valence-corrected chi connectivity index (χ3v) is 4.34. The van der Waals surface area contributed by atoms with Gasteiger partial charge in [0.2, 0.25) is 5.95 Å². The molecule has 1 amide bonds. The number of benzene rings is 2. The van der Waals surface area contributed by atoms with E-state index >= 15 is 0 Å². The van der Waals surface area contributed by atoms with E-state index < -0.39 is 6.10 Å². The summed E-state index contributed by atoms with van der Waals surface area (Å²) in [7, 11) is 1.62. The lowest BCUT2D eigenvalue weighted by molar-refractivity contribution is -0.128. The van der Waals surface area contributed by atoms with Gasteiger partial charge in [-0.15, -0.1) is 0 Å². The molecule has 2 heterocycles. The molecular weight excluding hydrogens is 332 g/mol. The standard InChI is InChI=1S/C19H20N4O3/c1-25-16-9-5-4-8-15(16)23-14-7-3-2-6-13(14)21-19(23)22-18(24)17-12-20-10-11-26-17/h2-9,17,20H,10-12H2,1H3,(H,21,22,24). The highest BCUT2D eigenvalue weighted by atomic mass is 16.5. The highest BCUT2D eigenvalue weighted by Crippen LogP contribution is 2.30. The van der Waals surface area contributed by atoms with Crippen molar-refractivity contribution in [1.29, 1.82) is 0 Å². The Morgan fingerprint density at radius 1 is 1.27 bits per heavy atom. The van der Waals surface area contributed by atoms with Gasteiger partial charge in [0.1, 0.15) is 11.9 Å². The van der Waals surface area contributed by atoms with Gasteiger partial charge >= 0.3 is 0 Å². The van der Waals surface area contributed by atoms with E-state index in [0.29, 0.717) is 24.8 Å². The van der Waals surface area contributed by atoms with Crippen molar-refractivity contribution in [2.45, 2.75) is 6.10 Å². The molecule has 7 heteroatoms. The highest BCUT2D eigenvalue weighted by Gasteiger charge is 2.24. The molecule has 1 atom stereocenters. The smallest absolute Gasteiger partial charge is 0.257 e. The molecule has 1 aliphatic heterocycles. The topological polar surface area (TPSA) is 77.4 Å². The van der Waals surface area contributed by atoms with Crippen LogP contribution in [-0.2, 0) is 9.53 Å². The molecule has 134 valence electrons. The SMILES string of the molecule is COc1ccccc1-n1c(NC(=O)C2CNCCO2)nc2ccccc21. The molecule has 0 radical (unpaired) electrons. The number of hydrogen-bond acceptors (Lipinski definition) is 5. The predicted octanol–water partition coefficient (Wildman–Crippen LogP) is 1.96. The Hall–Kier alpha value is -2.90. The van der Waals surface area contributed by atoms with Gasteiger partial charge in [0, 0.05) is 13.1 Å². The van der Waals surface area contributed by atoms with E-state index in [9.17, 15) is 4.79 Å². The number of imidazole rings is 1. The van der Waals surface area contributed by atoms with Gasteiger partial charge in [0.15, 0.2) is 0 Å². The van der Waals surface area contributed by atoms with Gasteiger partial charge in [0.25, 0.3) is 5.91 Å². The van der Waals surface area contributed by atoms with Crippen molar-refractivity contribution in [1.82, 2.24) is 14.9 Å². The van der Waals surface area contributed by atoms with Crippen molar-refractivity contribution in [3.63, 3.8) is 0 Å². The number of nitrogens with one attached hydrogen (secondary N) is 2. The van der Waals surface area contributed by atoms with Crippen LogP contribution in [0.1, 0.15) is 0 Å². The Morgan fingerprint density at radius 2 is 2.08 bits per heavy atom. The average Bonchev–Trinajstić information content (AvgIpc) is 3.06. The van der Waals surface area contributed by atoms with E-state index in [1.54, 1.807) is 7.11 Å². The quantitative estimate of drug-likeness (QED) is 0.751. The molecule has 26 heavy (non-hydrogen) atoms. The normalized spacial score (nSPS) is 17.2. The van der Waals surface area contributed by atoms with Crippen LogP contribution in [0.3, 0.4) is 0 Å². The first kappa shape index (κ1) is 16.6. The number of nitrogens with zero attached hydrogens (tertiary/aromatic N) is 2. The zero-order valence-corrected chi connectivity index (χ0v) is 14.4. The number of amides is 1. The Labute approximate surface area is 150 Å².